The van der Waals surface area contributed by atoms with E-state index < -0.39 is 0 Å². The van der Waals surface area contributed by atoms with E-state index in [1.54, 1.807) is 0 Å². The van der Waals surface area contributed by atoms with E-state index in [9.17, 15) is 0 Å². The van der Waals surface area contributed by atoms with E-state index in [4.69, 9.17) is 0 Å². The van der Waals surface area contributed by atoms with Crippen molar-refractivity contribution in [3.05, 3.63) is 42.0 Å². The molecule has 0 fully saturated rings. The zero-order valence-electron chi connectivity index (χ0n) is 6.89. The Morgan fingerprint density at radius 2 is 2.18 bits per heavy atom. The van der Waals surface area contributed by atoms with Gasteiger partial charge in [0.05, 0.1) is 0 Å². The van der Waals surface area contributed by atoms with E-state index in [0.29, 0.717) is 0 Å². The number of rotatable bonds is 1. The molecule has 0 saturated heterocycles. The van der Waals surface area contributed by atoms with E-state index in [-0.39, 0.29) is 32.7 Å². The molecule has 0 amide bonds. The Hall–Kier alpha value is 0.0639. The molecule has 0 atom stereocenters. The Bertz CT molecular complexity index is 224. The van der Waals surface area contributed by atoms with Crippen LogP contribution in [0.2, 0.25) is 0 Å². The first-order chi connectivity index (χ1) is 4.84. The molecule has 0 heterocycles. The smallest absolute Gasteiger partial charge is 0 e. The first-order valence-corrected chi connectivity index (χ1v) is 3.33. The molecule has 0 nitrogen and oxygen atoms in total. The summed E-state index contributed by atoms with van der Waals surface area (Å²) in [6, 6.07) is 11.0. The van der Waals surface area contributed by atoms with Crippen molar-refractivity contribution in [2.24, 2.45) is 0 Å². The molecule has 1 rings (SSSR count). The molecule has 0 unspecified atom stereocenters. The number of benzene rings is 1. The minimum atomic E-state index is 0. The van der Waals surface area contributed by atoms with E-state index >= 15 is 0 Å². The summed E-state index contributed by atoms with van der Waals surface area (Å²) in [6.45, 7) is 3.95. The first kappa shape index (κ1) is 11.1. The summed E-state index contributed by atoms with van der Waals surface area (Å²) in [6.07, 6.45) is 3.07. The second-order valence-electron chi connectivity index (χ2n) is 2.15. The summed E-state index contributed by atoms with van der Waals surface area (Å²) in [7, 11) is 0. The third-order valence-electron chi connectivity index (χ3n) is 1.49. The van der Waals surface area contributed by atoms with Gasteiger partial charge in [-0.1, -0.05) is 0 Å². The van der Waals surface area contributed by atoms with Crippen LogP contribution in [0, 0.1) is 12.1 Å². The van der Waals surface area contributed by atoms with Crippen molar-refractivity contribution in [3.63, 3.8) is 0 Å². The molecule has 11 heavy (non-hydrogen) atoms. The molecule has 0 aliphatic rings. The maximum atomic E-state index is 3.12. The van der Waals surface area contributed by atoms with Crippen LogP contribution in [0.4, 0.5) is 0 Å². The average molecular weight is 219 g/mol. The second-order valence-corrected chi connectivity index (χ2v) is 2.15. The van der Waals surface area contributed by atoms with Crippen LogP contribution in [0.1, 0.15) is 19.4 Å². The van der Waals surface area contributed by atoms with Crippen LogP contribution < -0.4 is 0 Å². The third kappa shape index (κ3) is 3.31. The zero-order valence-corrected chi connectivity index (χ0v) is 9.73. The number of hydrogen-bond donors (Lipinski definition) is 0. The fraction of sp³-hybridized carbons (Fsp3) is 0.200. The van der Waals surface area contributed by atoms with Gasteiger partial charge in [0.25, 0.3) is 0 Å². The normalized spacial score (nSPS) is 10.5. The molecule has 55 valence electrons. The molecule has 0 aromatic heterocycles. The Morgan fingerprint density at radius 1 is 1.45 bits per heavy atom. The molecule has 1 aromatic carbocycles. The van der Waals surface area contributed by atoms with E-state index in [1.165, 1.54) is 0 Å². The summed E-state index contributed by atoms with van der Waals surface area (Å²) in [4.78, 5) is 0. The SMILES string of the molecule is C[C-]=C(C)c1[c-]cccc1.[Y]. The van der Waals surface area contributed by atoms with Crippen molar-refractivity contribution in [1.29, 1.82) is 0 Å². The van der Waals surface area contributed by atoms with Crippen molar-refractivity contribution in [2.45, 2.75) is 13.8 Å². The molecule has 1 heteroatoms. The van der Waals surface area contributed by atoms with Crippen LogP contribution in [0.5, 0.6) is 0 Å². The Kier molecular flexibility index (Phi) is 5.71. The van der Waals surface area contributed by atoms with E-state index in [2.05, 4.69) is 12.1 Å². The summed E-state index contributed by atoms with van der Waals surface area (Å²) in [5.74, 6) is 0. The summed E-state index contributed by atoms with van der Waals surface area (Å²) >= 11 is 0. The van der Waals surface area contributed by atoms with Gasteiger partial charge in [0.2, 0.25) is 0 Å². The van der Waals surface area contributed by atoms with Crippen LogP contribution >= 0.6 is 0 Å². The summed E-state index contributed by atoms with van der Waals surface area (Å²) in [5.41, 5.74) is 2.28. The minimum Gasteiger partial charge on any atom is -0.327 e. The van der Waals surface area contributed by atoms with Crippen molar-refractivity contribution < 1.29 is 32.7 Å². The minimum absolute atomic E-state index is 0. The molecule has 0 aliphatic carbocycles. The van der Waals surface area contributed by atoms with Gasteiger partial charge in [0.1, 0.15) is 0 Å². The van der Waals surface area contributed by atoms with Gasteiger partial charge in [0, 0.05) is 32.7 Å². The molecule has 0 aliphatic heterocycles. The molecule has 1 aromatic rings. The van der Waals surface area contributed by atoms with Gasteiger partial charge in [-0.15, -0.1) is 19.9 Å². The van der Waals surface area contributed by atoms with Gasteiger partial charge < -0.3 is 17.2 Å². The molecule has 0 spiro atoms. The largest absolute Gasteiger partial charge is 0.327 e. The van der Waals surface area contributed by atoms with Crippen LogP contribution in [-0.4, -0.2) is 0 Å². The predicted octanol–water partition coefficient (Wildman–Crippen LogP) is 2.71. The second kappa shape index (κ2) is 5.68. The van der Waals surface area contributed by atoms with Gasteiger partial charge in [-0.2, -0.15) is 12.1 Å². The fourth-order valence-electron chi connectivity index (χ4n) is 0.761. The van der Waals surface area contributed by atoms with Crippen LogP contribution in [0.15, 0.2) is 24.3 Å². The fourth-order valence-corrected chi connectivity index (χ4v) is 0.761. The molecule has 0 saturated carbocycles. The maximum Gasteiger partial charge on any atom is 0 e. The first-order valence-electron chi connectivity index (χ1n) is 3.33. The topological polar surface area (TPSA) is 0 Å². The molecule has 0 bridgehead atoms. The van der Waals surface area contributed by atoms with Gasteiger partial charge in [-0.25, -0.2) is 12.1 Å². The average Bonchev–Trinajstić information content (AvgIpc) is 2.05. The third-order valence-corrected chi connectivity index (χ3v) is 1.49. The molecular weight excluding hydrogens is 209 g/mol. The number of allylic oxidation sites excluding steroid dienone is 2. The molecular formula is C10H10Y-2. The predicted molar refractivity (Wildman–Crippen MR) is 43.3 cm³/mol. The Labute approximate surface area is 93.6 Å². The molecule has 0 N–H and O–H groups in total. The Morgan fingerprint density at radius 3 is 2.64 bits per heavy atom. The monoisotopic (exact) mass is 219 g/mol. The van der Waals surface area contributed by atoms with Crippen molar-refractivity contribution in [2.75, 3.05) is 0 Å². The van der Waals surface area contributed by atoms with Crippen molar-refractivity contribution >= 4 is 5.57 Å². The van der Waals surface area contributed by atoms with Crippen LogP contribution in [0.25, 0.3) is 5.57 Å². The van der Waals surface area contributed by atoms with Crippen LogP contribution in [-0.2, 0) is 32.7 Å². The van der Waals surface area contributed by atoms with Gasteiger partial charge >= 0.3 is 0 Å². The quantitative estimate of drug-likeness (QED) is 0.637. The standard InChI is InChI=1S/C10H10.Y/c1-3-9(2)10-7-5-4-6-8-10;/h4-7H,1-2H3;/q-2;. The van der Waals surface area contributed by atoms with E-state index in [0.717, 1.165) is 11.1 Å². The van der Waals surface area contributed by atoms with Gasteiger partial charge in [-0.3, -0.25) is 0 Å². The van der Waals surface area contributed by atoms with Crippen molar-refractivity contribution in [3.8, 4) is 0 Å². The zero-order chi connectivity index (χ0) is 7.40. The maximum absolute atomic E-state index is 3.12. The molecule has 1 radical (unpaired) electrons. The summed E-state index contributed by atoms with van der Waals surface area (Å²) < 4.78 is 0. The Balaban J connectivity index is 0.000001000. The van der Waals surface area contributed by atoms with Gasteiger partial charge in [-0.05, 0) is 0 Å². The van der Waals surface area contributed by atoms with Crippen molar-refractivity contribution in [1.82, 2.24) is 0 Å². The van der Waals surface area contributed by atoms with E-state index in [1.807, 2.05) is 38.1 Å². The number of hydrogen-bond acceptors (Lipinski definition) is 0. The van der Waals surface area contributed by atoms with Gasteiger partial charge in [0.15, 0.2) is 0 Å². The van der Waals surface area contributed by atoms with Crippen LogP contribution in [0.3, 0.4) is 0 Å². The summed E-state index contributed by atoms with van der Waals surface area (Å²) in [5, 5.41) is 0.